The second-order valence-corrected chi connectivity index (χ2v) is 4.74. The Balaban J connectivity index is 2.47. The number of hydrogen-bond acceptors (Lipinski definition) is 3. The summed E-state index contributed by atoms with van der Waals surface area (Å²) in [7, 11) is 0. The lowest BCUT2D eigenvalue weighted by atomic mass is 9.81. The first kappa shape index (κ1) is 11.8. The number of nitrogens with two attached hydrogens (primary N) is 1. The maximum atomic E-state index is 11.8. The molecule has 0 heterocycles. The van der Waals surface area contributed by atoms with Crippen LogP contribution < -0.4 is 11.1 Å². The van der Waals surface area contributed by atoms with E-state index in [1.165, 1.54) is 0 Å². The third-order valence-corrected chi connectivity index (χ3v) is 3.15. The number of carbonyl (C=O) groups is 1. The molecule has 5 heteroatoms. The van der Waals surface area contributed by atoms with Crippen LogP contribution in [0, 0.1) is 11.3 Å². The highest BCUT2D eigenvalue weighted by molar-refractivity contribution is 5.88. The van der Waals surface area contributed by atoms with Gasteiger partial charge in [-0.25, -0.2) is 0 Å². The molecule has 1 fully saturated rings. The zero-order valence-electron chi connectivity index (χ0n) is 9.29. The molecule has 0 radical (unpaired) electrons. The average molecular weight is 213 g/mol. The molecule has 1 amide bonds. The summed E-state index contributed by atoms with van der Waals surface area (Å²) in [5.41, 5.74) is 5.34. The van der Waals surface area contributed by atoms with E-state index in [1.54, 1.807) is 0 Å². The van der Waals surface area contributed by atoms with Gasteiger partial charge >= 0.3 is 0 Å². The van der Waals surface area contributed by atoms with Crippen LogP contribution in [-0.4, -0.2) is 23.5 Å². The van der Waals surface area contributed by atoms with Gasteiger partial charge in [0, 0.05) is 5.92 Å². The predicted molar refractivity (Wildman–Crippen MR) is 57.5 cm³/mol. The lowest BCUT2D eigenvalue weighted by Gasteiger charge is -2.25. The molecular weight excluding hydrogens is 194 g/mol. The molecule has 0 aromatic rings. The molecule has 0 aromatic heterocycles. The number of carbonyl (C=O) groups excluding carboxylic acids is 1. The average Bonchev–Trinajstić information content (AvgIpc) is 2.53. The van der Waals surface area contributed by atoms with Gasteiger partial charge in [-0.3, -0.25) is 4.79 Å². The second-order valence-electron chi connectivity index (χ2n) is 4.74. The molecule has 15 heavy (non-hydrogen) atoms. The van der Waals surface area contributed by atoms with Crippen molar-refractivity contribution in [3.8, 4) is 0 Å². The zero-order chi connectivity index (χ0) is 11.5. The number of oxime groups is 1. The Labute approximate surface area is 89.7 Å². The molecule has 0 saturated heterocycles. The van der Waals surface area contributed by atoms with Crippen molar-refractivity contribution < 1.29 is 10.0 Å². The van der Waals surface area contributed by atoms with Crippen LogP contribution in [0.1, 0.15) is 33.1 Å². The first-order valence-electron chi connectivity index (χ1n) is 5.21. The number of nitrogens with one attached hydrogen (secondary N) is 1. The van der Waals surface area contributed by atoms with Crippen molar-refractivity contribution in [2.45, 2.75) is 33.1 Å². The first-order valence-corrected chi connectivity index (χ1v) is 5.21. The molecule has 0 spiro atoms. The van der Waals surface area contributed by atoms with Crippen LogP contribution in [0.2, 0.25) is 0 Å². The Morgan fingerprint density at radius 1 is 1.67 bits per heavy atom. The third kappa shape index (κ3) is 2.84. The number of amidine groups is 1. The molecule has 86 valence electrons. The van der Waals surface area contributed by atoms with Gasteiger partial charge in [0.05, 0.1) is 6.54 Å². The van der Waals surface area contributed by atoms with E-state index < -0.39 is 0 Å². The van der Waals surface area contributed by atoms with Crippen molar-refractivity contribution in [2.24, 2.45) is 22.2 Å². The van der Waals surface area contributed by atoms with E-state index in [0.29, 0.717) is 0 Å². The fourth-order valence-electron chi connectivity index (χ4n) is 2.15. The predicted octanol–water partition coefficient (Wildman–Crippen LogP) is 0.675. The standard InChI is InChI=1S/C10H19N3O2/c1-10(2)5-3-4-7(10)9(14)12-6-8(11)13-15/h7,15H,3-6H2,1-2H3,(H2,11,13)(H,12,14). The van der Waals surface area contributed by atoms with Crippen LogP contribution in [0.3, 0.4) is 0 Å². The fourth-order valence-corrected chi connectivity index (χ4v) is 2.15. The lowest BCUT2D eigenvalue weighted by Crippen LogP contribution is -2.40. The first-order chi connectivity index (χ1) is 6.97. The molecule has 0 aliphatic heterocycles. The summed E-state index contributed by atoms with van der Waals surface area (Å²) in [4.78, 5) is 11.8. The fraction of sp³-hybridized carbons (Fsp3) is 0.800. The molecule has 1 rings (SSSR count). The number of hydrogen-bond donors (Lipinski definition) is 3. The van der Waals surface area contributed by atoms with Gasteiger partial charge < -0.3 is 16.3 Å². The van der Waals surface area contributed by atoms with Gasteiger partial charge in [0.25, 0.3) is 0 Å². The van der Waals surface area contributed by atoms with E-state index >= 15 is 0 Å². The minimum absolute atomic E-state index is 0.00380. The van der Waals surface area contributed by atoms with E-state index in [0.717, 1.165) is 19.3 Å². The van der Waals surface area contributed by atoms with E-state index in [1.807, 2.05) is 0 Å². The number of rotatable bonds is 3. The van der Waals surface area contributed by atoms with E-state index in [4.69, 9.17) is 10.9 Å². The SMILES string of the molecule is CC1(C)CCCC1C(=O)NCC(N)=NO. The van der Waals surface area contributed by atoms with Crippen LogP contribution in [0.15, 0.2) is 5.16 Å². The summed E-state index contributed by atoms with van der Waals surface area (Å²) in [5, 5.41) is 13.8. The molecule has 1 aliphatic rings. The highest BCUT2D eigenvalue weighted by atomic mass is 16.4. The molecule has 1 unspecified atom stereocenters. The van der Waals surface area contributed by atoms with Crippen LogP contribution in [0.25, 0.3) is 0 Å². The number of amides is 1. The quantitative estimate of drug-likeness (QED) is 0.279. The van der Waals surface area contributed by atoms with Crippen molar-refractivity contribution in [3.05, 3.63) is 0 Å². The molecular formula is C10H19N3O2. The Morgan fingerprint density at radius 3 is 2.80 bits per heavy atom. The Hall–Kier alpha value is -1.26. The Kier molecular flexibility index (Phi) is 3.55. The Morgan fingerprint density at radius 2 is 2.33 bits per heavy atom. The summed E-state index contributed by atoms with van der Waals surface area (Å²) in [6, 6.07) is 0. The maximum Gasteiger partial charge on any atom is 0.224 e. The highest BCUT2D eigenvalue weighted by Crippen LogP contribution is 2.42. The van der Waals surface area contributed by atoms with E-state index in [2.05, 4.69) is 24.3 Å². The van der Waals surface area contributed by atoms with Gasteiger partial charge in [0.15, 0.2) is 5.84 Å². The monoisotopic (exact) mass is 213 g/mol. The van der Waals surface area contributed by atoms with Gasteiger partial charge in [-0.2, -0.15) is 0 Å². The normalized spacial score (nSPS) is 25.2. The van der Waals surface area contributed by atoms with Crippen molar-refractivity contribution in [1.82, 2.24) is 5.32 Å². The van der Waals surface area contributed by atoms with Crippen molar-refractivity contribution >= 4 is 11.7 Å². The third-order valence-electron chi connectivity index (χ3n) is 3.15. The van der Waals surface area contributed by atoms with E-state index in [-0.39, 0.29) is 29.6 Å². The largest absolute Gasteiger partial charge is 0.409 e. The van der Waals surface area contributed by atoms with Crippen LogP contribution in [-0.2, 0) is 4.79 Å². The maximum absolute atomic E-state index is 11.8. The summed E-state index contributed by atoms with van der Waals surface area (Å²) in [5.74, 6) is 0.0762. The van der Waals surface area contributed by atoms with Crippen LogP contribution in [0.4, 0.5) is 0 Å². The molecule has 5 nitrogen and oxygen atoms in total. The molecule has 4 N–H and O–H groups in total. The molecule has 1 aliphatic carbocycles. The summed E-state index contributed by atoms with van der Waals surface area (Å²) < 4.78 is 0. The topological polar surface area (TPSA) is 87.7 Å². The van der Waals surface area contributed by atoms with Gasteiger partial charge in [-0.05, 0) is 18.3 Å². The molecule has 0 aromatic carbocycles. The second kappa shape index (κ2) is 4.51. The van der Waals surface area contributed by atoms with Gasteiger partial charge in [-0.15, -0.1) is 0 Å². The van der Waals surface area contributed by atoms with Crippen molar-refractivity contribution in [2.75, 3.05) is 6.54 Å². The van der Waals surface area contributed by atoms with Gasteiger partial charge in [0.1, 0.15) is 0 Å². The minimum Gasteiger partial charge on any atom is -0.409 e. The highest BCUT2D eigenvalue weighted by Gasteiger charge is 2.39. The summed E-state index contributed by atoms with van der Waals surface area (Å²) >= 11 is 0. The smallest absolute Gasteiger partial charge is 0.224 e. The van der Waals surface area contributed by atoms with Crippen LogP contribution >= 0.6 is 0 Å². The number of nitrogens with zero attached hydrogens (tertiary/aromatic N) is 1. The molecule has 1 saturated carbocycles. The van der Waals surface area contributed by atoms with Crippen molar-refractivity contribution in [1.29, 1.82) is 0 Å². The zero-order valence-corrected chi connectivity index (χ0v) is 9.29. The van der Waals surface area contributed by atoms with Gasteiger partial charge in [0.2, 0.25) is 5.91 Å². The van der Waals surface area contributed by atoms with Gasteiger partial charge in [-0.1, -0.05) is 25.4 Å². The van der Waals surface area contributed by atoms with Crippen LogP contribution in [0.5, 0.6) is 0 Å². The Bertz CT molecular complexity index is 274. The van der Waals surface area contributed by atoms with E-state index in [9.17, 15) is 4.79 Å². The molecule has 0 bridgehead atoms. The van der Waals surface area contributed by atoms with Crippen molar-refractivity contribution in [3.63, 3.8) is 0 Å². The summed E-state index contributed by atoms with van der Waals surface area (Å²) in [6.07, 6.45) is 3.10. The molecule has 1 atom stereocenters. The lowest BCUT2D eigenvalue weighted by molar-refractivity contribution is -0.127. The minimum atomic E-state index is 0.00380. The summed E-state index contributed by atoms with van der Waals surface area (Å²) in [6.45, 7) is 4.32.